The van der Waals surface area contributed by atoms with Crippen LogP contribution in [0.15, 0.2) is 24.3 Å². The summed E-state index contributed by atoms with van der Waals surface area (Å²) in [6, 6.07) is 2.64. The van der Waals surface area contributed by atoms with E-state index in [1.807, 2.05) is 13.8 Å². The number of carbonyl (C=O) groups is 3. The molecule has 3 unspecified atom stereocenters. The predicted molar refractivity (Wildman–Crippen MR) is 97.8 cm³/mol. The summed E-state index contributed by atoms with van der Waals surface area (Å²) in [7, 11) is 0. The number of nitrogens with two attached hydrogens (primary N) is 1. The summed E-state index contributed by atoms with van der Waals surface area (Å²) in [5.41, 5.74) is 6.11. The first-order valence-corrected chi connectivity index (χ1v) is 8.62. The summed E-state index contributed by atoms with van der Waals surface area (Å²) >= 11 is 0. The Morgan fingerprint density at radius 2 is 1.59 bits per heavy atom. The van der Waals surface area contributed by atoms with Crippen molar-refractivity contribution in [2.75, 3.05) is 6.61 Å². The van der Waals surface area contributed by atoms with Gasteiger partial charge in [-0.1, -0.05) is 26.0 Å². The van der Waals surface area contributed by atoms with Gasteiger partial charge in [0, 0.05) is 6.42 Å². The van der Waals surface area contributed by atoms with Crippen LogP contribution in [-0.4, -0.2) is 57.8 Å². The number of hydrogen-bond acceptors (Lipinski definition) is 6. The highest BCUT2D eigenvalue weighted by Gasteiger charge is 2.28. The maximum Gasteiger partial charge on any atom is 0.326 e. The van der Waals surface area contributed by atoms with E-state index in [0.29, 0.717) is 5.56 Å². The van der Waals surface area contributed by atoms with E-state index in [9.17, 15) is 24.6 Å². The van der Waals surface area contributed by atoms with Gasteiger partial charge in [0.1, 0.15) is 23.9 Å². The minimum absolute atomic E-state index is 0.0411. The summed E-state index contributed by atoms with van der Waals surface area (Å²) in [5.74, 6) is -2.48. The van der Waals surface area contributed by atoms with Gasteiger partial charge in [-0.05, 0) is 30.0 Å². The molecule has 1 aromatic rings. The van der Waals surface area contributed by atoms with Crippen molar-refractivity contribution in [3.05, 3.63) is 29.8 Å². The number of amides is 2. The summed E-state index contributed by atoms with van der Waals surface area (Å²) in [6.07, 6.45) is 0.293. The van der Waals surface area contributed by atoms with E-state index in [1.54, 1.807) is 12.1 Å². The van der Waals surface area contributed by atoms with Crippen LogP contribution in [0.5, 0.6) is 5.75 Å². The van der Waals surface area contributed by atoms with Gasteiger partial charge in [0.25, 0.3) is 0 Å². The topological polar surface area (TPSA) is 162 Å². The van der Waals surface area contributed by atoms with Gasteiger partial charge in [0.15, 0.2) is 0 Å². The molecular weight excluding hydrogens is 354 g/mol. The zero-order valence-electron chi connectivity index (χ0n) is 15.4. The molecule has 0 fully saturated rings. The smallest absolute Gasteiger partial charge is 0.326 e. The number of aliphatic hydroxyl groups is 1. The van der Waals surface area contributed by atoms with Crippen LogP contribution in [0.4, 0.5) is 0 Å². The quantitative estimate of drug-likeness (QED) is 0.314. The Morgan fingerprint density at radius 1 is 1.04 bits per heavy atom. The van der Waals surface area contributed by atoms with Crippen molar-refractivity contribution in [3.8, 4) is 5.75 Å². The molecule has 0 saturated heterocycles. The van der Waals surface area contributed by atoms with E-state index in [4.69, 9.17) is 10.8 Å². The number of aliphatic hydroxyl groups excluding tert-OH is 1. The van der Waals surface area contributed by atoms with Gasteiger partial charge < -0.3 is 31.7 Å². The summed E-state index contributed by atoms with van der Waals surface area (Å²) in [6.45, 7) is 3.07. The lowest BCUT2D eigenvalue weighted by molar-refractivity contribution is -0.142. The molecule has 0 aliphatic carbocycles. The molecule has 9 nitrogen and oxygen atoms in total. The fraction of sp³-hybridized carbons (Fsp3) is 0.500. The molecule has 2 amide bonds. The zero-order valence-corrected chi connectivity index (χ0v) is 15.4. The minimum Gasteiger partial charge on any atom is -0.508 e. The van der Waals surface area contributed by atoms with Crippen molar-refractivity contribution in [3.63, 3.8) is 0 Å². The molecular formula is C18H27N3O6. The summed E-state index contributed by atoms with van der Waals surface area (Å²) in [5, 5.41) is 32.5. The lowest BCUT2D eigenvalue weighted by Crippen LogP contribution is -2.56. The summed E-state index contributed by atoms with van der Waals surface area (Å²) in [4.78, 5) is 36.0. The molecule has 0 bridgehead atoms. The number of carboxylic acid groups (broad SMARTS) is 1. The van der Waals surface area contributed by atoms with E-state index >= 15 is 0 Å². The van der Waals surface area contributed by atoms with Gasteiger partial charge in [-0.3, -0.25) is 9.59 Å². The maximum absolute atomic E-state index is 12.6. The van der Waals surface area contributed by atoms with Crippen LogP contribution < -0.4 is 16.4 Å². The fourth-order valence-corrected chi connectivity index (χ4v) is 2.40. The van der Waals surface area contributed by atoms with Crippen LogP contribution in [0.3, 0.4) is 0 Å². The van der Waals surface area contributed by atoms with Crippen LogP contribution >= 0.6 is 0 Å². The number of carboxylic acids is 1. The molecule has 150 valence electrons. The van der Waals surface area contributed by atoms with Gasteiger partial charge >= 0.3 is 5.97 Å². The van der Waals surface area contributed by atoms with Crippen molar-refractivity contribution in [1.82, 2.24) is 10.6 Å². The third-order valence-electron chi connectivity index (χ3n) is 3.86. The van der Waals surface area contributed by atoms with Crippen molar-refractivity contribution < 1.29 is 29.7 Å². The van der Waals surface area contributed by atoms with Gasteiger partial charge in [0.2, 0.25) is 11.8 Å². The first-order chi connectivity index (χ1) is 12.6. The van der Waals surface area contributed by atoms with Crippen molar-refractivity contribution in [1.29, 1.82) is 0 Å². The minimum atomic E-state index is -1.20. The SMILES string of the molecule is CC(C)CC(NC(=O)C(Cc1ccc(O)cc1)NC(=O)C(N)CO)C(=O)O. The molecule has 0 heterocycles. The average Bonchev–Trinajstić information content (AvgIpc) is 2.60. The molecule has 0 spiro atoms. The lowest BCUT2D eigenvalue weighted by atomic mass is 10.0. The van der Waals surface area contributed by atoms with Gasteiger partial charge in [-0.25, -0.2) is 4.79 Å². The highest BCUT2D eigenvalue weighted by Crippen LogP contribution is 2.12. The number of carbonyl (C=O) groups excluding carboxylic acids is 2. The molecule has 27 heavy (non-hydrogen) atoms. The maximum atomic E-state index is 12.6. The zero-order chi connectivity index (χ0) is 20.6. The van der Waals surface area contributed by atoms with Crippen LogP contribution in [0.2, 0.25) is 0 Å². The number of phenols is 1. The van der Waals surface area contributed by atoms with Crippen LogP contribution in [-0.2, 0) is 20.8 Å². The van der Waals surface area contributed by atoms with E-state index in [0.717, 1.165) is 0 Å². The monoisotopic (exact) mass is 381 g/mol. The standard InChI is InChI=1S/C18H27N3O6/c1-10(2)7-15(18(26)27)21-17(25)14(20-16(24)13(19)9-22)8-11-3-5-12(23)6-4-11/h3-6,10,13-15,22-23H,7-9,19H2,1-2H3,(H,20,24)(H,21,25)(H,26,27). The first-order valence-electron chi connectivity index (χ1n) is 8.62. The number of hydrogen-bond donors (Lipinski definition) is 6. The Labute approximate surface area is 157 Å². The van der Waals surface area contributed by atoms with E-state index in [2.05, 4.69) is 10.6 Å². The van der Waals surface area contributed by atoms with E-state index in [1.165, 1.54) is 12.1 Å². The number of nitrogens with one attached hydrogen (secondary N) is 2. The van der Waals surface area contributed by atoms with Crippen LogP contribution in [0.25, 0.3) is 0 Å². The normalized spacial score (nSPS) is 14.3. The molecule has 0 aromatic heterocycles. The molecule has 3 atom stereocenters. The van der Waals surface area contributed by atoms with Crippen LogP contribution in [0.1, 0.15) is 25.8 Å². The van der Waals surface area contributed by atoms with Gasteiger partial charge in [-0.15, -0.1) is 0 Å². The van der Waals surface area contributed by atoms with Gasteiger partial charge in [0.05, 0.1) is 6.61 Å². The van der Waals surface area contributed by atoms with E-state index in [-0.39, 0.29) is 24.5 Å². The molecule has 0 saturated carbocycles. The number of rotatable bonds is 10. The van der Waals surface area contributed by atoms with Gasteiger partial charge in [-0.2, -0.15) is 0 Å². The number of phenolic OH excluding ortho intramolecular Hbond substituents is 1. The predicted octanol–water partition coefficient (Wildman–Crippen LogP) is -0.645. The lowest BCUT2D eigenvalue weighted by Gasteiger charge is -2.23. The van der Waals surface area contributed by atoms with E-state index < -0.39 is 42.5 Å². The van der Waals surface area contributed by atoms with Crippen molar-refractivity contribution in [2.24, 2.45) is 11.7 Å². The fourth-order valence-electron chi connectivity index (χ4n) is 2.40. The molecule has 0 aliphatic heterocycles. The number of aromatic hydroxyl groups is 1. The molecule has 7 N–H and O–H groups in total. The molecule has 1 aromatic carbocycles. The third-order valence-corrected chi connectivity index (χ3v) is 3.86. The Balaban J connectivity index is 2.96. The highest BCUT2D eigenvalue weighted by atomic mass is 16.4. The third kappa shape index (κ3) is 7.63. The second-order valence-electron chi connectivity index (χ2n) is 6.75. The Hall–Kier alpha value is -2.65. The second-order valence-corrected chi connectivity index (χ2v) is 6.75. The molecule has 0 aliphatic rings. The van der Waals surface area contributed by atoms with Crippen molar-refractivity contribution in [2.45, 2.75) is 44.8 Å². The highest BCUT2D eigenvalue weighted by molar-refractivity contribution is 5.92. The Bertz CT molecular complexity index is 647. The van der Waals surface area contributed by atoms with Crippen LogP contribution in [0, 0.1) is 5.92 Å². The Kier molecular flexibility index (Phi) is 8.70. The number of benzene rings is 1. The first kappa shape index (κ1) is 22.4. The Morgan fingerprint density at radius 3 is 2.07 bits per heavy atom. The summed E-state index contributed by atoms with van der Waals surface area (Å²) < 4.78 is 0. The van der Waals surface area contributed by atoms with Crippen molar-refractivity contribution >= 4 is 17.8 Å². The number of aliphatic carboxylic acids is 1. The second kappa shape index (κ2) is 10.5. The molecule has 1 rings (SSSR count). The molecule has 0 radical (unpaired) electrons. The largest absolute Gasteiger partial charge is 0.508 e. The molecule has 9 heteroatoms. The average molecular weight is 381 g/mol.